The quantitative estimate of drug-likeness (QED) is 0.233. The van der Waals surface area contributed by atoms with E-state index in [0.717, 1.165) is 69.9 Å². The van der Waals surface area contributed by atoms with Gasteiger partial charge in [-0.3, -0.25) is 4.99 Å². The second-order valence-electron chi connectivity index (χ2n) is 6.78. The molecule has 0 radical (unpaired) electrons. The van der Waals surface area contributed by atoms with Crippen LogP contribution in [0.4, 0.5) is 0 Å². The first-order valence-electron chi connectivity index (χ1n) is 9.59. The molecule has 2 rings (SSSR count). The summed E-state index contributed by atoms with van der Waals surface area (Å²) in [7, 11) is 0. The first-order chi connectivity index (χ1) is 12.2. The van der Waals surface area contributed by atoms with Crippen LogP contribution in [0.2, 0.25) is 0 Å². The van der Waals surface area contributed by atoms with Crippen LogP contribution in [0.15, 0.2) is 29.3 Å². The number of guanidine groups is 1. The van der Waals surface area contributed by atoms with Gasteiger partial charge in [0.05, 0.1) is 12.7 Å². The number of hydrogen-bond acceptors (Lipinski definition) is 3. The topological polar surface area (TPSA) is 65.9 Å². The van der Waals surface area contributed by atoms with Crippen LogP contribution in [0.1, 0.15) is 51.0 Å². The van der Waals surface area contributed by atoms with Gasteiger partial charge in [-0.25, -0.2) is 0 Å². The number of hydrogen-bond donors (Lipinski definition) is 3. The van der Waals surface area contributed by atoms with E-state index in [4.69, 9.17) is 4.74 Å². The van der Waals surface area contributed by atoms with Gasteiger partial charge in [0.25, 0.3) is 0 Å². The van der Waals surface area contributed by atoms with Gasteiger partial charge in [0.15, 0.2) is 5.96 Å². The van der Waals surface area contributed by atoms with Crippen molar-refractivity contribution in [3.8, 4) is 5.75 Å². The van der Waals surface area contributed by atoms with Gasteiger partial charge in [-0.2, -0.15) is 0 Å². The van der Waals surface area contributed by atoms with E-state index in [9.17, 15) is 5.11 Å². The van der Waals surface area contributed by atoms with E-state index in [1.165, 1.54) is 5.56 Å². The van der Waals surface area contributed by atoms with Crippen LogP contribution in [-0.4, -0.2) is 42.9 Å². The Morgan fingerprint density at radius 1 is 1.15 bits per heavy atom. The molecule has 1 aliphatic carbocycles. The zero-order valence-corrected chi connectivity index (χ0v) is 18.4. The summed E-state index contributed by atoms with van der Waals surface area (Å²) in [6, 6.07) is 8.59. The molecule has 1 saturated carbocycles. The van der Waals surface area contributed by atoms with E-state index >= 15 is 0 Å². The Hall–Kier alpha value is -1.02. The van der Waals surface area contributed by atoms with E-state index in [-0.39, 0.29) is 30.1 Å². The molecule has 0 aliphatic heterocycles. The minimum absolute atomic E-state index is 0. The van der Waals surface area contributed by atoms with Gasteiger partial charge in [0, 0.05) is 19.1 Å². The minimum Gasteiger partial charge on any atom is -0.494 e. The lowest BCUT2D eigenvalue weighted by Crippen LogP contribution is -2.45. The van der Waals surface area contributed by atoms with Gasteiger partial charge in [-0.1, -0.05) is 17.7 Å². The van der Waals surface area contributed by atoms with E-state index < -0.39 is 0 Å². The van der Waals surface area contributed by atoms with Crippen molar-refractivity contribution in [1.29, 1.82) is 0 Å². The van der Waals surface area contributed by atoms with Crippen LogP contribution in [0.25, 0.3) is 0 Å². The van der Waals surface area contributed by atoms with Gasteiger partial charge < -0.3 is 20.5 Å². The molecule has 5 nitrogen and oxygen atoms in total. The molecule has 0 atom stereocenters. The number of benzene rings is 1. The van der Waals surface area contributed by atoms with Crippen molar-refractivity contribution < 1.29 is 9.84 Å². The maximum absolute atomic E-state index is 9.60. The first-order valence-corrected chi connectivity index (χ1v) is 9.59. The molecule has 0 heterocycles. The van der Waals surface area contributed by atoms with Crippen LogP contribution < -0.4 is 15.4 Å². The van der Waals surface area contributed by atoms with Crippen molar-refractivity contribution in [2.75, 3.05) is 19.7 Å². The second-order valence-corrected chi connectivity index (χ2v) is 6.78. The first kappa shape index (κ1) is 23.0. The summed E-state index contributed by atoms with van der Waals surface area (Å²) < 4.78 is 5.74. The molecule has 1 aromatic rings. The monoisotopic (exact) mass is 475 g/mol. The SMILES string of the molecule is CCNC(=NCCCCOc1ccc(C)cc1)NC1CCC(O)CC1.I. The van der Waals surface area contributed by atoms with E-state index in [2.05, 4.69) is 41.6 Å². The Kier molecular flexibility index (Phi) is 11.7. The number of aliphatic hydroxyl groups is 1. The summed E-state index contributed by atoms with van der Waals surface area (Å²) in [4.78, 5) is 4.66. The molecule has 0 amide bonds. The predicted octanol–water partition coefficient (Wildman–Crippen LogP) is 3.63. The second kappa shape index (κ2) is 13.2. The summed E-state index contributed by atoms with van der Waals surface area (Å²) in [5.41, 5.74) is 1.25. The number of nitrogens with zero attached hydrogens (tertiary/aromatic N) is 1. The molecule has 1 aliphatic rings. The highest BCUT2D eigenvalue weighted by Gasteiger charge is 2.19. The van der Waals surface area contributed by atoms with Crippen LogP contribution in [0, 0.1) is 6.92 Å². The molecule has 3 N–H and O–H groups in total. The van der Waals surface area contributed by atoms with Gasteiger partial charge in [-0.05, 0) is 64.5 Å². The molecule has 1 fully saturated rings. The zero-order valence-electron chi connectivity index (χ0n) is 16.0. The third-order valence-electron chi connectivity index (χ3n) is 4.49. The van der Waals surface area contributed by atoms with Gasteiger partial charge in [0.1, 0.15) is 5.75 Å². The van der Waals surface area contributed by atoms with Gasteiger partial charge in [0.2, 0.25) is 0 Å². The fraction of sp³-hybridized carbons (Fsp3) is 0.650. The van der Waals surface area contributed by atoms with E-state index in [1.807, 2.05) is 12.1 Å². The molecule has 0 aromatic heterocycles. The highest BCUT2D eigenvalue weighted by atomic mass is 127. The molecule has 1 aromatic carbocycles. The maximum Gasteiger partial charge on any atom is 0.191 e. The zero-order chi connectivity index (χ0) is 17.9. The molecular formula is C20H34IN3O2. The van der Waals surface area contributed by atoms with Crippen molar-refractivity contribution in [2.45, 2.75) is 64.5 Å². The molecule has 6 heteroatoms. The van der Waals surface area contributed by atoms with Crippen LogP contribution in [0.3, 0.4) is 0 Å². The lowest BCUT2D eigenvalue weighted by molar-refractivity contribution is 0.120. The summed E-state index contributed by atoms with van der Waals surface area (Å²) in [5, 5.41) is 16.4. The number of nitrogens with one attached hydrogen (secondary N) is 2. The van der Waals surface area contributed by atoms with E-state index in [0.29, 0.717) is 6.04 Å². The van der Waals surface area contributed by atoms with Gasteiger partial charge in [-0.15, -0.1) is 24.0 Å². The Labute approximate surface area is 175 Å². The normalized spacial score (nSPS) is 20.2. The largest absolute Gasteiger partial charge is 0.494 e. The number of aliphatic imine (C=N–C) groups is 1. The average Bonchev–Trinajstić information content (AvgIpc) is 2.61. The highest BCUT2D eigenvalue weighted by molar-refractivity contribution is 14.0. The molecule has 0 saturated heterocycles. The molecule has 0 spiro atoms. The number of halogens is 1. The number of ether oxygens (including phenoxy) is 1. The van der Waals surface area contributed by atoms with Crippen molar-refractivity contribution in [1.82, 2.24) is 10.6 Å². The minimum atomic E-state index is -0.119. The van der Waals surface area contributed by atoms with Crippen LogP contribution >= 0.6 is 24.0 Å². The lowest BCUT2D eigenvalue weighted by atomic mass is 9.93. The lowest BCUT2D eigenvalue weighted by Gasteiger charge is -2.27. The fourth-order valence-corrected chi connectivity index (χ4v) is 2.96. The number of unbranched alkanes of at least 4 members (excludes halogenated alkanes) is 1. The molecule has 0 unspecified atom stereocenters. The third-order valence-corrected chi connectivity index (χ3v) is 4.49. The molecular weight excluding hydrogens is 441 g/mol. The van der Waals surface area contributed by atoms with Crippen LogP contribution in [-0.2, 0) is 0 Å². The predicted molar refractivity (Wildman–Crippen MR) is 119 cm³/mol. The Morgan fingerprint density at radius 2 is 1.85 bits per heavy atom. The molecule has 0 bridgehead atoms. The standard InChI is InChI=1S/C20H33N3O2.HI/c1-3-21-20(23-17-8-10-18(24)11-9-17)22-14-4-5-15-25-19-12-6-16(2)7-13-19;/h6-7,12-13,17-18,24H,3-5,8-11,14-15H2,1-2H3,(H2,21,22,23);1H. The highest BCUT2D eigenvalue weighted by Crippen LogP contribution is 2.18. The summed E-state index contributed by atoms with van der Waals surface area (Å²) in [5.74, 6) is 1.83. The van der Waals surface area contributed by atoms with Crippen molar-refractivity contribution in [3.05, 3.63) is 29.8 Å². The Bertz CT molecular complexity index is 514. The van der Waals surface area contributed by atoms with Crippen molar-refractivity contribution in [2.24, 2.45) is 4.99 Å². The van der Waals surface area contributed by atoms with Crippen LogP contribution in [0.5, 0.6) is 5.75 Å². The third kappa shape index (κ3) is 9.07. The maximum atomic E-state index is 9.60. The molecule has 26 heavy (non-hydrogen) atoms. The summed E-state index contributed by atoms with van der Waals surface area (Å²) >= 11 is 0. The van der Waals surface area contributed by atoms with Crippen molar-refractivity contribution >= 4 is 29.9 Å². The fourth-order valence-electron chi connectivity index (χ4n) is 2.96. The Morgan fingerprint density at radius 3 is 2.50 bits per heavy atom. The number of aliphatic hydroxyl groups excluding tert-OH is 1. The summed E-state index contributed by atoms with van der Waals surface area (Å²) in [6.45, 7) is 6.53. The summed E-state index contributed by atoms with van der Waals surface area (Å²) in [6.07, 6.45) is 5.66. The Balaban J connectivity index is 0.00000338. The van der Waals surface area contributed by atoms with Gasteiger partial charge >= 0.3 is 0 Å². The van der Waals surface area contributed by atoms with E-state index in [1.54, 1.807) is 0 Å². The smallest absolute Gasteiger partial charge is 0.191 e. The number of rotatable bonds is 8. The average molecular weight is 475 g/mol. The molecule has 148 valence electrons. The number of aryl methyl sites for hydroxylation is 1. The van der Waals surface area contributed by atoms with Crippen molar-refractivity contribution in [3.63, 3.8) is 0 Å².